The fourth-order valence-corrected chi connectivity index (χ4v) is 2.30. The number of anilines is 1. The van der Waals surface area contributed by atoms with Gasteiger partial charge < -0.3 is 4.90 Å². The Hall–Kier alpha value is -1.60. The lowest BCUT2D eigenvalue weighted by Crippen LogP contribution is -2.33. The predicted molar refractivity (Wildman–Crippen MR) is 64.4 cm³/mol. The van der Waals surface area contributed by atoms with Gasteiger partial charge in [-0.05, 0) is 25.3 Å². The third-order valence-electron chi connectivity index (χ3n) is 3.33. The molecule has 1 aliphatic rings. The second-order valence-electron chi connectivity index (χ2n) is 4.50. The fourth-order valence-electron chi connectivity index (χ4n) is 2.30. The Labute approximate surface area is 95.8 Å². The largest absolute Gasteiger partial charge is 0.377 e. The van der Waals surface area contributed by atoms with Crippen molar-refractivity contribution in [1.29, 1.82) is 0 Å². The van der Waals surface area contributed by atoms with Crippen LogP contribution in [0.4, 0.5) is 5.69 Å². The maximum Gasteiger partial charge on any atom is 0.235 e. The van der Waals surface area contributed by atoms with E-state index < -0.39 is 0 Å². The van der Waals surface area contributed by atoms with Crippen molar-refractivity contribution in [2.75, 3.05) is 19.0 Å². The van der Waals surface area contributed by atoms with Gasteiger partial charge in [-0.1, -0.05) is 18.2 Å². The van der Waals surface area contributed by atoms with Gasteiger partial charge in [-0.2, -0.15) is 4.99 Å². The molecule has 0 aromatic heterocycles. The van der Waals surface area contributed by atoms with Crippen molar-refractivity contribution in [3.8, 4) is 0 Å². The molecule has 0 unspecified atom stereocenters. The highest BCUT2D eigenvalue weighted by molar-refractivity contribution is 5.57. The van der Waals surface area contributed by atoms with Gasteiger partial charge in [0.2, 0.25) is 6.08 Å². The summed E-state index contributed by atoms with van der Waals surface area (Å²) in [7, 11) is 4.02. The van der Waals surface area contributed by atoms with Crippen LogP contribution in [0.3, 0.4) is 0 Å². The van der Waals surface area contributed by atoms with Gasteiger partial charge in [0.1, 0.15) is 5.54 Å². The molecular weight excluding hydrogens is 200 g/mol. The zero-order valence-corrected chi connectivity index (χ0v) is 9.73. The molecule has 0 spiro atoms. The first-order valence-electron chi connectivity index (χ1n) is 5.55. The van der Waals surface area contributed by atoms with Crippen LogP contribution in [0, 0.1) is 0 Å². The number of carbonyl (C=O) groups excluding carboxylic acids is 1. The third-order valence-corrected chi connectivity index (χ3v) is 3.33. The van der Waals surface area contributed by atoms with Crippen LogP contribution in [0.15, 0.2) is 29.3 Å². The molecular formula is C13H16N2O. The van der Waals surface area contributed by atoms with E-state index in [1.54, 1.807) is 6.08 Å². The number of rotatable bonds is 3. The van der Waals surface area contributed by atoms with E-state index in [0.717, 1.165) is 30.5 Å². The average molecular weight is 216 g/mol. The smallest absolute Gasteiger partial charge is 0.235 e. The average Bonchev–Trinajstić information content (AvgIpc) is 2.23. The van der Waals surface area contributed by atoms with Crippen LogP contribution in [0.5, 0.6) is 0 Å². The number of hydrogen-bond donors (Lipinski definition) is 0. The summed E-state index contributed by atoms with van der Waals surface area (Å²) in [6.07, 6.45) is 4.77. The minimum absolute atomic E-state index is 0.303. The molecule has 2 rings (SSSR count). The van der Waals surface area contributed by atoms with Crippen molar-refractivity contribution in [3.05, 3.63) is 29.8 Å². The lowest BCUT2D eigenvalue weighted by atomic mass is 9.71. The van der Waals surface area contributed by atoms with Crippen LogP contribution < -0.4 is 4.90 Å². The summed E-state index contributed by atoms with van der Waals surface area (Å²) in [5, 5.41) is 0. The number of para-hydroxylation sites is 1. The highest BCUT2D eigenvalue weighted by Crippen LogP contribution is 2.47. The first kappa shape index (κ1) is 10.9. The van der Waals surface area contributed by atoms with Crippen molar-refractivity contribution in [2.45, 2.75) is 24.8 Å². The van der Waals surface area contributed by atoms with Crippen LogP contribution in [0.25, 0.3) is 0 Å². The summed E-state index contributed by atoms with van der Waals surface area (Å²) >= 11 is 0. The van der Waals surface area contributed by atoms with Gasteiger partial charge in [-0.25, -0.2) is 4.79 Å². The molecule has 0 bridgehead atoms. The SMILES string of the molecule is CN(C)c1ccccc1C1(N=C=O)CCC1. The van der Waals surface area contributed by atoms with E-state index >= 15 is 0 Å². The number of nitrogens with zero attached hydrogens (tertiary/aromatic N) is 2. The number of aliphatic imine (C=N–C) groups is 1. The van der Waals surface area contributed by atoms with Crippen LogP contribution in [-0.4, -0.2) is 20.2 Å². The van der Waals surface area contributed by atoms with E-state index in [1.807, 2.05) is 26.2 Å². The molecule has 1 fully saturated rings. The van der Waals surface area contributed by atoms with Crippen LogP contribution in [0.1, 0.15) is 24.8 Å². The highest BCUT2D eigenvalue weighted by Gasteiger charge is 2.40. The normalized spacial score (nSPS) is 17.1. The van der Waals surface area contributed by atoms with E-state index in [1.165, 1.54) is 0 Å². The first-order valence-corrected chi connectivity index (χ1v) is 5.55. The second-order valence-corrected chi connectivity index (χ2v) is 4.50. The van der Waals surface area contributed by atoms with Gasteiger partial charge in [-0.15, -0.1) is 0 Å². The molecule has 1 aliphatic carbocycles. The number of hydrogen-bond acceptors (Lipinski definition) is 3. The molecule has 1 aromatic rings. The van der Waals surface area contributed by atoms with Crippen molar-refractivity contribution in [1.82, 2.24) is 0 Å². The summed E-state index contributed by atoms with van der Waals surface area (Å²) in [6.45, 7) is 0. The van der Waals surface area contributed by atoms with E-state index in [2.05, 4.69) is 22.0 Å². The first-order chi connectivity index (χ1) is 7.69. The Bertz CT molecular complexity index is 429. The quantitative estimate of drug-likeness (QED) is 0.574. The summed E-state index contributed by atoms with van der Waals surface area (Å²) in [6, 6.07) is 8.14. The van der Waals surface area contributed by atoms with E-state index in [4.69, 9.17) is 0 Å². The van der Waals surface area contributed by atoms with Crippen LogP contribution in [-0.2, 0) is 10.3 Å². The minimum atomic E-state index is -0.303. The van der Waals surface area contributed by atoms with Gasteiger partial charge in [-0.3, -0.25) is 0 Å². The van der Waals surface area contributed by atoms with Crippen molar-refractivity contribution < 1.29 is 4.79 Å². The van der Waals surface area contributed by atoms with Crippen LogP contribution >= 0.6 is 0 Å². The Morgan fingerprint density at radius 3 is 2.50 bits per heavy atom. The van der Waals surface area contributed by atoms with E-state index in [-0.39, 0.29) is 5.54 Å². The standard InChI is InChI=1S/C13H16N2O/c1-15(2)12-7-4-3-6-11(12)13(14-10-16)8-5-9-13/h3-4,6-7H,5,8-9H2,1-2H3. The predicted octanol–water partition coefficient (Wildman–Crippen LogP) is 2.47. The highest BCUT2D eigenvalue weighted by atomic mass is 16.1. The number of benzene rings is 1. The van der Waals surface area contributed by atoms with Gasteiger partial charge >= 0.3 is 0 Å². The zero-order valence-electron chi connectivity index (χ0n) is 9.73. The lowest BCUT2D eigenvalue weighted by Gasteiger charge is -2.39. The van der Waals surface area contributed by atoms with Crippen molar-refractivity contribution in [2.24, 2.45) is 4.99 Å². The molecule has 84 valence electrons. The third kappa shape index (κ3) is 1.63. The molecule has 0 atom stereocenters. The molecule has 1 aromatic carbocycles. The summed E-state index contributed by atoms with van der Waals surface area (Å²) in [5.41, 5.74) is 1.98. The maximum atomic E-state index is 10.6. The zero-order chi connectivity index (χ0) is 11.6. The molecule has 0 amide bonds. The molecule has 0 aliphatic heterocycles. The minimum Gasteiger partial charge on any atom is -0.377 e. The molecule has 0 heterocycles. The van der Waals surface area contributed by atoms with Gasteiger partial charge in [0.25, 0.3) is 0 Å². The molecule has 0 saturated heterocycles. The molecule has 3 heteroatoms. The molecule has 0 radical (unpaired) electrons. The van der Waals surface area contributed by atoms with Gasteiger partial charge in [0, 0.05) is 25.3 Å². The second kappa shape index (κ2) is 4.11. The number of isocyanates is 1. The lowest BCUT2D eigenvalue weighted by molar-refractivity contribution is 0.256. The van der Waals surface area contributed by atoms with E-state index in [0.29, 0.717) is 0 Å². The van der Waals surface area contributed by atoms with Gasteiger partial charge in [0.05, 0.1) is 0 Å². The summed E-state index contributed by atoms with van der Waals surface area (Å²) < 4.78 is 0. The molecule has 0 N–H and O–H groups in total. The summed E-state index contributed by atoms with van der Waals surface area (Å²) in [5.74, 6) is 0. The Morgan fingerprint density at radius 2 is 2.00 bits per heavy atom. The van der Waals surface area contributed by atoms with Crippen LogP contribution in [0.2, 0.25) is 0 Å². The Balaban J connectivity index is 2.50. The summed E-state index contributed by atoms with van der Waals surface area (Å²) in [4.78, 5) is 16.7. The van der Waals surface area contributed by atoms with E-state index in [9.17, 15) is 4.79 Å². The molecule has 3 nitrogen and oxygen atoms in total. The Morgan fingerprint density at radius 1 is 1.31 bits per heavy atom. The monoisotopic (exact) mass is 216 g/mol. The van der Waals surface area contributed by atoms with Crippen molar-refractivity contribution >= 4 is 11.8 Å². The van der Waals surface area contributed by atoms with Crippen molar-refractivity contribution in [3.63, 3.8) is 0 Å². The van der Waals surface area contributed by atoms with Gasteiger partial charge in [0.15, 0.2) is 0 Å². The topological polar surface area (TPSA) is 32.7 Å². The fraction of sp³-hybridized carbons (Fsp3) is 0.462. The Kier molecular flexibility index (Phi) is 2.80. The molecule has 16 heavy (non-hydrogen) atoms. The maximum absolute atomic E-state index is 10.6. The molecule has 1 saturated carbocycles.